The van der Waals surface area contributed by atoms with Crippen molar-refractivity contribution in [3.8, 4) is 11.1 Å². The summed E-state index contributed by atoms with van der Waals surface area (Å²) in [6.07, 6.45) is -6.34. The quantitative estimate of drug-likeness (QED) is 0.201. The highest BCUT2D eigenvalue weighted by Gasteiger charge is 2.38. The molecule has 3 N–H and O–H groups in total. The van der Waals surface area contributed by atoms with Crippen LogP contribution in [-0.2, 0) is 17.1 Å². The Bertz CT molecular complexity index is 1620. The summed E-state index contributed by atoms with van der Waals surface area (Å²) in [6.45, 7) is 5.48. The van der Waals surface area contributed by atoms with Gasteiger partial charge in [0.2, 0.25) is 0 Å². The van der Waals surface area contributed by atoms with E-state index in [1.807, 2.05) is 13.8 Å². The Hall–Kier alpha value is -4.13. The molecule has 2 aromatic heterocycles. The number of pyridine rings is 1. The number of halogens is 7. The van der Waals surface area contributed by atoms with Crippen molar-refractivity contribution in [2.24, 2.45) is 11.7 Å². The molecule has 2 aromatic carbocycles. The van der Waals surface area contributed by atoms with Gasteiger partial charge in [-0.3, -0.25) is 19.3 Å². The second-order valence-corrected chi connectivity index (χ2v) is 10.3. The summed E-state index contributed by atoms with van der Waals surface area (Å²) in [5, 5.41) is 11.3. The average Bonchev–Trinajstić information content (AvgIpc) is 3.34. The Morgan fingerprint density at radius 2 is 1.60 bits per heavy atom. The molecule has 7 nitrogen and oxygen atoms in total. The number of primary amides is 1. The molecule has 0 spiro atoms. The molecular formula is C29H27ClF6N4O3. The molecule has 0 saturated heterocycles. The summed E-state index contributed by atoms with van der Waals surface area (Å²) in [6, 6.07) is 7.36. The number of nitrogens with zero attached hydrogens (tertiary/aromatic N) is 3. The lowest BCUT2D eigenvalue weighted by Gasteiger charge is -2.22. The first-order valence-electron chi connectivity index (χ1n) is 12.9. The largest absolute Gasteiger partial charge is 0.481 e. The van der Waals surface area contributed by atoms with Crippen LogP contribution in [0.1, 0.15) is 66.8 Å². The van der Waals surface area contributed by atoms with E-state index in [2.05, 4.69) is 10.1 Å². The maximum Gasteiger partial charge on any atom is 0.417 e. The highest BCUT2D eigenvalue weighted by Crippen LogP contribution is 2.45. The number of rotatable bonds is 7. The Morgan fingerprint density at radius 1 is 0.977 bits per heavy atom. The fourth-order valence-corrected chi connectivity index (χ4v) is 4.66. The van der Waals surface area contributed by atoms with Gasteiger partial charge in [0.25, 0.3) is 5.91 Å². The minimum Gasteiger partial charge on any atom is -0.481 e. The molecule has 0 radical (unpaired) electrons. The van der Waals surface area contributed by atoms with Gasteiger partial charge in [-0.15, -0.1) is 0 Å². The molecule has 4 rings (SSSR count). The zero-order valence-electron chi connectivity index (χ0n) is 23.1. The number of aliphatic carboxylic acids is 1. The Balaban J connectivity index is 0.000000934. The van der Waals surface area contributed by atoms with Crippen LogP contribution >= 0.6 is 11.6 Å². The zero-order chi connectivity index (χ0) is 32.3. The molecule has 2 heterocycles. The highest BCUT2D eigenvalue weighted by molar-refractivity contribution is 6.33. The normalized spacial score (nSPS) is 12.6. The van der Waals surface area contributed by atoms with Gasteiger partial charge in [0, 0.05) is 28.6 Å². The molecule has 0 saturated carbocycles. The van der Waals surface area contributed by atoms with Crippen molar-refractivity contribution in [3.05, 3.63) is 82.3 Å². The molecule has 0 fully saturated rings. The van der Waals surface area contributed by atoms with Gasteiger partial charge >= 0.3 is 18.3 Å². The number of nitrogens with two attached hydrogens (primary N) is 1. The van der Waals surface area contributed by atoms with Crippen LogP contribution in [0.4, 0.5) is 26.3 Å². The molecule has 43 heavy (non-hydrogen) atoms. The Morgan fingerprint density at radius 3 is 2.07 bits per heavy atom. The molecule has 0 aliphatic carbocycles. The Labute approximate surface area is 247 Å². The molecule has 0 aliphatic rings. The van der Waals surface area contributed by atoms with Crippen molar-refractivity contribution >= 4 is 34.4 Å². The smallest absolute Gasteiger partial charge is 0.417 e. The van der Waals surface area contributed by atoms with Crippen LogP contribution in [0.3, 0.4) is 0 Å². The van der Waals surface area contributed by atoms with E-state index in [1.54, 1.807) is 13.0 Å². The van der Waals surface area contributed by atoms with E-state index in [0.29, 0.717) is 24.1 Å². The van der Waals surface area contributed by atoms with Gasteiger partial charge in [-0.05, 0) is 47.7 Å². The second-order valence-electron chi connectivity index (χ2n) is 9.93. The van der Waals surface area contributed by atoms with E-state index in [1.165, 1.54) is 29.1 Å². The third-order valence-electron chi connectivity index (χ3n) is 6.37. The number of benzene rings is 2. The van der Waals surface area contributed by atoms with E-state index in [9.17, 15) is 35.9 Å². The fraction of sp³-hybridized carbons (Fsp3) is 0.310. The van der Waals surface area contributed by atoms with Crippen molar-refractivity contribution in [3.63, 3.8) is 0 Å². The minimum absolute atomic E-state index is 0.0415. The second kappa shape index (κ2) is 13.0. The first kappa shape index (κ1) is 33.4. The average molecular weight is 629 g/mol. The molecule has 4 aromatic rings. The van der Waals surface area contributed by atoms with Crippen LogP contribution in [0.15, 0.2) is 54.9 Å². The summed E-state index contributed by atoms with van der Waals surface area (Å²) in [5.41, 5.74) is 3.39. The number of carboxylic acid groups (broad SMARTS) is 1. The van der Waals surface area contributed by atoms with E-state index in [0.717, 1.165) is 12.3 Å². The van der Waals surface area contributed by atoms with Crippen molar-refractivity contribution in [2.45, 2.75) is 52.0 Å². The topological polar surface area (TPSA) is 111 Å². The minimum atomic E-state index is -4.87. The van der Waals surface area contributed by atoms with Crippen molar-refractivity contribution in [2.75, 3.05) is 0 Å². The summed E-state index contributed by atoms with van der Waals surface area (Å²) in [4.78, 5) is 24.8. The lowest BCUT2D eigenvalue weighted by Crippen LogP contribution is -2.17. The summed E-state index contributed by atoms with van der Waals surface area (Å²) < 4.78 is 83.9. The molecule has 0 aliphatic heterocycles. The van der Waals surface area contributed by atoms with Crippen LogP contribution in [0.5, 0.6) is 0 Å². The third kappa shape index (κ3) is 7.83. The first-order valence-corrected chi connectivity index (χ1v) is 13.3. The maximum atomic E-state index is 14.4. The number of aromatic nitrogens is 3. The highest BCUT2D eigenvalue weighted by atomic mass is 35.5. The van der Waals surface area contributed by atoms with Crippen LogP contribution < -0.4 is 5.73 Å². The SMILES string of the molecule is CC(C)CC(c1ccc(C(N)=O)nc1)n1ncc2c(C(F)(F)F)c(-c3ccc(C(F)(F)F)cc3Cl)ccc21.CCC(=O)O. The van der Waals surface area contributed by atoms with E-state index in [-0.39, 0.29) is 40.1 Å². The maximum absolute atomic E-state index is 14.4. The van der Waals surface area contributed by atoms with Crippen molar-refractivity contribution < 1.29 is 41.0 Å². The predicted molar refractivity (Wildman–Crippen MR) is 148 cm³/mol. The molecule has 1 atom stereocenters. The summed E-state index contributed by atoms with van der Waals surface area (Å²) in [5.74, 6) is -1.35. The van der Waals surface area contributed by atoms with Crippen LogP contribution in [0, 0.1) is 5.92 Å². The van der Waals surface area contributed by atoms with Gasteiger partial charge in [-0.2, -0.15) is 31.4 Å². The number of amides is 1. The monoisotopic (exact) mass is 628 g/mol. The van der Waals surface area contributed by atoms with Crippen LogP contribution in [0.25, 0.3) is 22.0 Å². The number of hydrogen-bond donors (Lipinski definition) is 2. The third-order valence-corrected chi connectivity index (χ3v) is 6.68. The molecule has 14 heteroatoms. The van der Waals surface area contributed by atoms with E-state index < -0.39 is 46.4 Å². The van der Waals surface area contributed by atoms with Gasteiger partial charge in [-0.1, -0.05) is 50.6 Å². The predicted octanol–water partition coefficient (Wildman–Crippen LogP) is 8.00. The van der Waals surface area contributed by atoms with Crippen LogP contribution in [0.2, 0.25) is 5.02 Å². The van der Waals surface area contributed by atoms with Gasteiger partial charge in [0.1, 0.15) is 5.69 Å². The zero-order valence-corrected chi connectivity index (χ0v) is 23.8. The summed E-state index contributed by atoms with van der Waals surface area (Å²) in [7, 11) is 0. The van der Waals surface area contributed by atoms with E-state index in [4.69, 9.17) is 22.4 Å². The number of carbonyl (C=O) groups excluding carboxylic acids is 1. The van der Waals surface area contributed by atoms with Crippen molar-refractivity contribution in [1.82, 2.24) is 14.8 Å². The lowest BCUT2D eigenvalue weighted by molar-refractivity contribution is -0.138. The van der Waals surface area contributed by atoms with Gasteiger partial charge in [0.05, 0.1) is 28.9 Å². The number of hydrogen-bond acceptors (Lipinski definition) is 4. The molecule has 1 amide bonds. The fourth-order valence-electron chi connectivity index (χ4n) is 4.38. The van der Waals surface area contributed by atoms with Crippen LogP contribution in [-0.4, -0.2) is 31.7 Å². The standard InChI is InChI=1S/C26H21ClF6N4O.C3H6O2/c1-13(2)9-22(14-3-7-20(24(34)38)35-11-14)37-21-8-6-17(23(26(31,32)33)18(21)12-36-37)16-5-4-15(10-19(16)27)25(28,29)30;1-2-3(4)5/h3-8,10-13,22H,9H2,1-2H3,(H2,34,38);2H2,1H3,(H,4,5). The number of alkyl halides is 6. The number of carboxylic acids is 1. The lowest BCUT2D eigenvalue weighted by atomic mass is 9.94. The molecular weight excluding hydrogens is 602 g/mol. The Kier molecular flexibility index (Phi) is 10.1. The molecule has 1 unspecified atom stereocenters. The van der Waals surface area contributed by atoms with Gasteiger partial charge < -0.3 is 10.8 Å². The van der Waals surface area contributed by atoms with E-state index >= 15 is 0 Å². The van der Waals surface area contributed by atoms with Gasteiger partial charge in [0.15, 0.2) is 0 Å². The molecule has 230 valence electrons. The first-order chi connectivity index (χ1) is 19.9. The van der Waals surface area contributed by atoms with Gasteiger partial charge in [-0.25, -0.2) is 0 Å². The number of fused-ring (bicyclic) bond motifs is 1. The number of carbonyl (C=O) groups is 2. The van der Waals surface area contributed by atoms with Crippen molar-refractivity contribution in [1.29, 1.82) is 0 Å². The molecule has 0 bridgehead atoms. The summed E-state index contributed by atoms with van der Waals surface area (Å²) >= 11 is 6.04.